The van der Waals surface area contributed by atoms with Gasteiger partial charge in [-0.3, -0.25) is 0 Å². The number of rotatable bonds is 10. The first-order valence-corrected chi connectivity index (χ1v) is 6.40. The van der Waals surface area contributed by atoms with Gasteiger partial charge in [-0.15, -0.1) is 0 Å². The molecule has 0 saturated carbocycles. The molecule has 0 aliphatic carbocycles. The molecule has 0 fully saturated rings. The van der Waals surface area contributed by atoms with Gasteiger partial charge in [0.15, 0.2) is 0 Å². The van der Waals surface area contributed by atoms with Gasteiger partial charge in [0.2, 0.25) is 0 Å². The van der Waals surface area contributed by atoms with Crippen molar-refractivity contribution in [3.63, 3.8) is 0 Å². The second kappa shape index (κ2) is 9.83. The third kappa shape index (κ3) is 9.53. The van der Waals surface area contributed by atoms with Crippen LogP contribution in [0, 0.1) is 5.41 Å². The SMILES string of the molecule is CCNC(COCCOCCOC)C(C)(C)C. The topological polar surface area (TPSA) is 39.7 Å². The second-order valence-electron chi connectivity index (χ2n) is 5.16. The molecule has 4 nitrogen and oxygen atoms in total. The van der Waals surface area contributed by atoms with E-state index in [2.05, 4.69) is 33.0 Å². The quantitative estimate of drug-likeness (QED) is 0.596. The standard InChI is InChI=1S/C13H29NO3/c1-6-14-12(13(2,3)4)11-17-10-9-16-8-7-15-5/h12,14H,6-11H2,1-5H3. The van der Waals surface area contributed by atoms with E-state index in [0.29, 0.717) is 32.5 Å². The number of likely N-dealkylation sites (N-methyl/N-ethyl adjacent to an activating group) is 1. The summed E-state index contributed by atoms with van der Waals surface area (Å²) in [6.45, 7) is 13.0. The fourth-order valence-electron chi connectivity index (χ4n) is 1.42. The minimum absolute atomic E-state index is 0.215. The van der Waals surface area contributed by atoms with Gasteiger partial charge in [0.05, 0.1) is 33.0 Å². The van der Waals surface area contributed by atoms with E-state index in [1.165, 1.54) is 0 Å². The number of ether oxygens (including phenoxy) is 3. The first kappa shape index (κ1) is 16.8. The molecule has 0 rings (SSSR count). The molecule has 1 atom stereocenters. The van der Waals surface area contributed by atoms with Crippen LogP contribution in [0.5, 0.6) is 0 Å². The molecule has 0 aliphatic heterocycles. The van der Waals surface area contributed by atoms with Crippen LogP contribution in [0.25, 0.3) is 0 Å². The van der Waals surface area contributed by atoms with Crippen LogP contribution in [0.4, 0.5) is 0 Å². The van der Waals surface area contributed by atoms with Gasteiger partial charge >= 0.3 is 0 Å². The fraction of sp³-hybridized carbons (Fsp3) is 1.00. The summed E-state index contributed by atoms with van der Waals surface area (Å²) < 4.78 is 15.8. The van der Waals surface area contributed by atoms with Crippen LogP contribution in [0.3, 0.4) is 0 Å². The van der Waals surface area contributed by atoms with Gasteiger partial charge in [-0.1, -0.05) is 27.7 Å². The van der Waals surface area contributed by atoms with E-state index in [1.54, 1.807) is 7.11 Å². The number of methoxy groups -OCH3 is 1. The molecule has 0 amide bonds. The highest BCUT2D eigenvalue weighted by atomic mass is 16.5. The molecule has 0 spiro atoms. The van der Waals surface area contributed by atoms with Crippen LogP contribution in [0.1, 0.15) is 27.7 Å². The highest BCUT2D eigenvalue weighted by Gasteiger charge is 2.23. The smallest absolute Gasteiger partial charge is 0.0701 e. The molecule has 17 heavy (non-hydrogen) atoms. The van der Waals surface area contributed by atoms with E-state index in [4.69, 9.17) is 14.2 Å². The van der Waals surface area contributed by atoms with Gasteiger partial charge in [-0.05, 0) is 12.0 Å². The molecular formula is C13H29NO3. The van der Waals surface area contributed by atoms with E-state index >= 15 is 0 Å². The van der Waals surface area contributed by atoms with Gasteiger partial charge in [-0.25, -0.2) is 0 Å². The fourth-order valence-corrected chi connectivity index (χ4v) is 1.42. The van der Waals surface area contributed by atoms with Crippen molar-refractivity contribution in [2.24, 2.45) is 5.41 Å². The minimum atomic E-state index is 0.215. The molecule has 1 N–H and O–H groups in total. The molecular weight excluding hydrogens is 218 g/mol. The van der Waals surface area contributed by atoms with Crippen LogP contribution in [-0.4, -0.2) is 52.7 Å². The Morgan fingerprint density at radius 1 is 1.00 bits per heavy atom. The predicted molar refractivity (Wildman–Crippen MR) is 70.4 cm³/mol. The van der Waals surface area contributed by atoms with Gasteiger partial charge in [0.1, 0.15) is 0 Å². The van der Waals surface area contributed by atoms with Crippen molar-refractivity contribution in [1.82, 2.24) is 5.32 Å². The highest BCUT2D eigenvalue weighted by molar-refractivity contribution is 4.79. The largest absolute Gasteiger partial charge is 0.382 e. The normalized spacial score (nSPS) is 13.9. The average molecular weight is 247 g/mol. The Balaban J connectivity index is 3.55. The predicted octanol–water partition coefficient (Wildman–Crippen LogP) is 1.69. The Morgan fingerprint density at radius 3 is 2.12 bits per heavy atom. The van der Waals surface area contributed by atoms with Crippen LogP contribution >= 0.6 is 0 Å². The first-order valence-electron chi connectivity index (χ1n) is 6.40. The maximum Gasteiger partial charge on any atom is 0.0701 e. The molecule has 1 unspecified atom stereocenters. The lowest BCUT2D eigenvalue weighted by molar-refractivity contribution is 0.0103. The van der Waals surface area contributed by atoms with Gasteiger partial charge in [0, 0.05) is 13.2 Å². The van der Waals surface area contributed by atoms with Gasteiger partial charge in [-0.2, -0.15) is 0 Å². The summed E-state index contributed by atoms with van der Waals surface area (Å²) in [5.41, 5.74) is 0.215. The summed E-state index contributed by atoms with van der Waals surface area (Å²) in [4.78, 5) is 0. The van der Waals surface area contributed by atoms with Crippen LogP contribution in [0.15, 0.2) is 0 Å². The lowest BCUT2D eigenvalue weighted by Gasteiger charge is -2.31. The van der Waals surface area contributed by atoms with E-state index in [9.17, 15) is 0 Å². The van der Waals surface area contributed by atoms with Crippen molar-refractivity contribution in [3.05, 3.63) is 0 Å². The summed E-state index contributed by atoms with van der Waals surface area (Å²) in [7, 11) is 1.67. The average Bonchev–Trinajstić information content (AvgIpc) is 2.25. The van der Waals surface area contributed by atoms with E-state index in [1.807, 2.05) is 0 Å². The third-order valence-electron chi connectivity index (χ3n) is 2.58. The number of hydrogen-bond donors (Lipinski definition) is 1. The Kier molecular flexibility index (Phi) is 9.74. The Bertz CT molecular complexity index is 169. The van der Waals surface area contributed by atoms with Crippen LogP contribution in [0.2, 0.25) is 0 Å². The number of hydrogen-bond acceptors (Lipinski definition) is 4. The number of nitrogens with one attached hydrogen (secondary N) is 1. The van der Waals surface area contributed by atoms with E-state index in [-0.39, 0.29) is 5.41 Å². The van der Waals surface area contributed by atoms with Gasteiger partial charge < -0.3 is 19.5 Å². The lowest BCUT2D eigenvalue weighted by atomic mass is 9.87. The van der Waals surface area contributed by atoms with E-state index in [0.717, 1.165) is 13.2 Å². The van der Waals surface area contributed by atoms with Crippen LogP contribution < -0.4 is 5.32 Å². The molecule has 104 valence electrons. The van der Waals surface area contributed by atoms with Crippen molar-refractivity contribution >= 4 is 0 Å². The Morgan fingerprint density at radius 2 is 1.59 bits per heavy atom. The summed E-state index contributed by atoms with van der Waals surface area (Å²) in [6, 6.07) is 0.381. The van der Waals surface area contributed by atoms with Crippen molar-refractivity contribution in [3.8, 4) is 0 Å². The molecule has 0 aromatic carbocycles. The molecule has 0 heterocycles. The first-order chi connectivity index (χ1) is 8.02. The summed E-state index contributed by atoms with van der Waals surface area (Å²) >= 11 is 0. The molecule has 0 aromatic heterocycles. The molecule has 0 aromatic rings. The summed E-state index contributed by atoms with van der Waals surface area (Å²) in [6.07, 6.45) is 0. The molecule has 4 heteroatoms. The lowest BCUT2D eigenvalue weighted by Crippen LogP contribution is -2.43. The van der Waals surface area contributed by atoms with Crippen LogP contribution in [-0.2, 0) is 14.2 Å². The van der Waals surface area contributed by atoms with Crippen molar-refractivity contribution < 1.29 is 14.2 Å². The van der Waals surface area contributed by atoms with Crippen molar-refractivity contribution in [1.29, 1.82) is 0 Å². The summed E-state index contributed by atoms with van der Waals surface area (Å²) in [5, 5.41) is 3.45. The second-order valence-corrected chi connectivity index (χ2v) is 5.16. The Hall–Kier alpha value is -0.160. The molecule has 0 aliphatic rings. The Labute approximate surface area is 106 Å². The minimum Gasteiger partial charge on any atom is -0.382 e. The van der Waals surface area contributed by atoms with Crippen molar-refractivity contribution in [2.45, 2.75) is 33.7 Å². The molecule has 0 bridgehead atoms. The summed E-state index contributed by atoms with van der Waals surface area (Å²) in [5.74, 6) is 0. The zero-order valence-electron chi connectivity index (χ0n) is 12.0. The zero-order chi connectivity index (χ0) is 13.1. The molecule has 0 radical (unpaired) electrons. The third-order valence-corrected chi connectivity index (χ3v) is 2.58. The highest BCUT2D eigenvalue weighted by Crippen LogP contribution is 2.19. The van der Waals surface area contributed by atoms with Gasteiger partial charge in [0.25, 0.3) is 0 Å². The maximum absolute atomic E-state index is 5.63. The van der Waals surface area contributed by atoms with E-state index < -0.39 is 0 Å². The van der Waals surface area contributed by atoms with Crippen molar-refractivity contribution in [2.75, 3.05) is 46.7 Å². The zero-order valence-corrected chi connectivity index (χ0v) is 12.0. The monoisotopic (exact) mass is 247 g/mol. The maximum atomic E-state index is 5.63. The molecule has 0 saturated heterocycles.